The van der Waals surface area contributed by atoms with Crippen LogP contribution in [0.4, 0.5) is 5.69 Å². The molecule has 0 aliphatic heterocycles. The van der Waals surface area contributed by atoms with Gasteiger partial charge >= 0.3 is 0 Å². The van der Waals surface area contributed by atoms with Crippen LogP contribution in [0.1, 0.15) is 44.2 Å². The largest absolute Gasteiger partial charge is 0.354 e. The number of carbonyl (C=O) groups excluding carboxylic acids is 2. The highest BCUT2D eigenvalue weighted by Crippen LogP contribution is 2.27. The zero-order valence-corrected chi connectivity index (χ0v) is 25.3. The average molecular weight is 605 g/mol. The van der Waals surface area contributed by atoms with Crippen molar-refractivity contribution >= 4 is 50.7 Å². The normalized spacial score (nSPS) is 12.0. The molecule has 0 saturated carbocycles. The summed E-state index contributed by atoms with van der Waals surface area (Å²) in [5.74, 6) is -0.825. The fourth-order valence-electron chi connectivity index (χ4n) is 4.21. The number of rotatable bonds is 13. The molecule has 0 fully saturated rings. The lowest BCUT2D eigenvalue weighted by atomic mass is 10.1. The van der Waals surface area contributed by atoms with Gasteiger partial charge in [0.15, 0.2) is 0 Å². The second kappa shape index (κ2) is 14.5. The maximum atomic E-state index is 14.1. The molecule has 0 aliphatic carbocycles. The number of carbonyl (C=O) groups is 2. The quantitative estimate of drug-likeness (QED) is 0.235. The van der Waals surface area contributed by atoms with E-state index in [4.69, 9.17) is 23.2 Å². The zero-order valence-electron chi connectivity index (χ0n) is 22.9. The minimum Gasteiger partial charge on any atom is -0.354 e. The molecule has 3 aromatic carbocycles. The van der Waals surface area contributed by atoms with Crippen molar-refractivity contribution < 1.29 is 18.0 Å². The topological polar surface area (TPSA) is 86.8 Å². The molecule has 0 bridgehead atoms. The number of sulfonamides is 1. The van der Waals surface area contributed by atoms with E-state index < -0.39 is 28.5 Å². The van der Waals surface area contributed by atoms with Crippen molar-refractivity contribution in [2.75, 3.05) is 17.4 Å². The number of benzene rings is 3. The van der Waals surface area contributed by atoms with E-state index in [0.29, 0.717) is 34.3 Å². The van der Waals surface area contributed by atoms with Gasteiger partial charge in [0.1, 0.15) is 12.6 Å². The highest BCUT2D eigenvalue weighted by Gasteiger charge is 2.33. The number of unbranched alkanes of at least 4 members (excludes halogenated alkanes) is 1. The molecule has 3 rings (SSSR count). The Morgan fingerprint density at radius 1 is 0.925 bits per heavy atom. The first-order valence-electron chi connectivity index (χ1n) is 13.2. The molecule has 0 saturated heterocycles. The number of nitrogens with zero attached hydrogens (tertiary/aromatic N) is 2. The van der Waals surface area contributed by atoms with Crippen LogP contribution in [0.25, 0.3) is 0 Å². The molecular weight excluding hydrogens is 569 g/mol. The molecule has 0 heterocycles. The predicted octanol–water partition coefficient (Wildman–Crippen LogP) is 6.22. The van der Waals surface area contributed by atoms with Crippen molar-refractivity contribution in [3.63, 3.8) is 0 Å². The van der Waals surface area contributed by atoms with Gasteiger partial charge in [-0.1, -0.05) is 79.4 Å². The molecule has 1 atom stereocenters. The van der Waals surface area contributed by atoms with Gasteiger partial charge in [0.25, 0.3) is 10.0 Å². The van der Waals surface area contributed by atoms with E-state index in [0.717, 1.165) is 22.7 Å². The van der Waals surface area contributed by atoms with Gasteiger partial charge in [-0.05, 0) is 67.8 Å². The van der Waals surface area contributed by atoms with Gasteiger partial charge in [-0.15, -0.1) is 0 Å². The molecule has 10 heteroatoms. The lowest BCUT2D eigenvalue weighted by Gasteiger charge is -2.33. The van der Waals surface area contributed by atoms with Crippen LogP contribution in [0.15, 0.2) is 77.7 Å². The fourth-order valence-corrected chi connectivity index (χ4v) is 5.95. The third-order valence-electron chi connectivity index (χ3n) is 6.52. The molecule has 0 radical (unpaired) electrons. The van der Waals surface area contributed by atoms with Crippen LogP contribution in [0.5, 0.6) is 0 Å². The maximum Gasteiger partial charge on any atom is 0.264 e. The van der Waals surface area contributed by atoms with Gasteiger partial charge < -0.3 is 10.2 Å². The summed E-state index contributed by atoms with van der Waals surface area (Å²) in [4.78, 5) is 28.7. The number of hydrogen-bond acceptors (Lipinski definition) is 4. The fraction of sp³-hybridized carbons (Fsp3) is 0.333. The van der Waals surface area contributed by atoms with E-state index in [9.17, 15) is 18.0 Å². The van der Waals surface area contributed by atoms with Gasteiger partial charge in [-0.25, -0.2) is 8.42 Å². The van der Waals surface area contributed by atoms with Gasteiger partial charge in [-0.3, -0.25) is 13.9 Å². The summed E-state index contributed by atoms with van der Waals surface area (Å²) in [6.45, 7) is 5.75. The summed E-state index contributed by atoms with van der Waals surface area (Å²) in [6, 6.07) is 18.9. The molecule has 2 amide bonds. The standard InChI is InChI=1S/C30H35Cl2N3O4S/c1-4-6-19-33-30(37)28(5-2)34(20-23-9-7-8-10-27(23)32)29(36)21-35(25-15-11-22(3)12-16-25)40(38,39)26-17-13-24(31)14-18-26/h7-18,28H,4-6,19-21H2,1-3H3,(H,33,37)/t28-/m0/s1. The molecule has 40 heavy (non-hydrogen) atoms. The Balaban J connectivity index is 2.04. The lowest BCUT2D eigenvalue weighted by Crippen LogP contribution is -2.52. The number of halogens is 2. The monoisotopic (exact) mass is 603 g/mol. The van der Waals surface area contributed by atoms with Gasteiger partial charge in [0.2, 0.25) is 11.8 Å². The van der Waals surface area contributed by atoms with Crippen LogP contribution in [0.3, 0.4) is 0 Å². The molecular formula is C30H35Cl2N3O4S. The van der Waals surface area contributed by atoms with E-state index in [2.05, 4.69) is 5.32 Å². The van der Waals surface area contributed by atoms with Gasteiger partial charge in [0.05, 0.1) is 10.6 Å². The van der Waals surface area contributed by atoms with Crippen LogP contribution < -0.4 is 9.62 Å². The summed E-state index contributed by atoms with van der Waals surface area (Å²) in [5.41, 5.74) is 1.92. The van der Waals surface area contributed by atoms with E-state index in [-0.39, 0.29) is 17.3 Å². The van der Waals surface area contributed by atoms with Crippen molar-refractivity contribution in [2.24, 2.45) is 0 Å². The summed E-state index contributed by atoms with van der Waals surface area (Å²) in [5, 5.41) is 3.75. The van der Waals surface area contributed by atoms with Gasteiger partial charge in [-0.2, -0.15) is 0 Å². The van der Waals surface area contributed by atoms with Crippen molar-refractivity contribution in [3.05, 3.63) is 94.0 Å². The Labute approximate surface area is 247 Å². The van der Waals surface area contributed by atoms with Crippen LogP contribution in [0.2, 0.25) is 10.0 Å². The number of aryl methyl sites for hydroxylation is 1. The van der Waals surface area contributed by atoms with E-state index in [1.165, 1.54) is 29.2 Å². The van der Waals surface area contributed by atoms with E-state index in [1.807, 2.05) is 20.8 Å². The summed E-state index contributed by atoms with van der Waals surface area (Å²) < 4.78 is 28.8. The minimum absolute atomic E-state index is 0.00715. The summed E-state index contributed by atoms with van der Waals surface area (Å²) in [6.07, 6.45) is 2.05. The maximum absolute atomic E-state index is 14.1. The molecule has 0 spiro atoms. The predicted molar refractivity (Wildman–Crippen MR) is 161 cm³/mol. The molecule has 3 aromatic rings. The van der Waals surface area contributed by atoms with E-state index in [1.54, 1.807) is 48.5 Å². The third-order valence-corrected chi connectivity index (χ3v) is 8.93. The first-order chi connectivity index (χ1) is 19.1. The van der Waals surface area contributed by atoms with Gasteiger partial charge in [0, 0.05) is 23.1 Å². The van der Waals surface area contributed by atoms with Crippen LogP contribution in [-0.2, 0) is 26.2 Å². The van der Waals surface area contributed by atoms with Crippen LogP contribution >= 0.6 is 23.2 Å². The van der Waals surface area contributed by atoms with Crippen LogP contribution in [-0.4, -0.2) is 44.3 Å². The van der Waals surface area contributed by atoms with Crippen molar-refractivity contribution in [1.82, 2.24) is 10.2 Å². The second-order valence-electron chi connectivity index (χ2n) is 9.48. The number of hydrogen-bond donors (Lipinski definition) is 1. The second-order valence-corrected chi connectivity index (χ2v) is 12.2. The lowest BCUT2D eigenvalue weighted by molar-refractivity contribution is -0.140. The van der Waals surface area contributed by atoms with Crippen molar-refractivity contribution in [2.45, 2.75) is 57.5 Å². The van der Waals surface area contributed by atoms with E-state index >= 15 is 0 Å². The highest BCUT2D eigenvalue weighted by atomic mass is 35.5. The Morgan fingerprint density at radius 3 is 2.17 bits per heavy atom. The van der Waals surface area contributed by atoms with Crippen molar-refractivity contribution in [3.8, 4) is 0 Å². The zero-order chi connectivity index (χ0) is 29.3. The number of amides is 2. The average Bonchev–Trinajstić information content (AvgIpc) is 2.93. The SMILES string of the molecule is CCCCNC(=O)[C@H](CC)N(Cc1ccccc1Cl)C(=O)CN(c1ccc(C)cc1)S(=O)(=O)c1ccc(Cl)cc1. The molecule has 0 aromatic heterocycles. The smallest absolute Gasteiger partial charge is 0.264 e. The van der Waals surface area contributed by atoms with Crippen molar-refractivity contribution in [1.29, 1.82) is 0 Å². The third kappa shape index (κ3) is 7.99. The molecule has 1 N–H and O–H groups in total. The highest BCUT2D eigenvalue weighted by molar-refractivity contribution is 7.92. The summed E-state index contributed by atoms with van der Waals surface area (Å²) >= 11 is 12.4. The Morgan fingerprint density at radius 2 is 1.57 bits per heavy atom. The van der Waals surface area contributed by atoms with Crippen LogP contribution in [0, 0.1) is 6.92 Å². The number of anilines is 1. The first kappa shape index (κ1) is 31.5. The Bertz CT molecular complexity index is 1400. The minimum atomic E-state index is -4.16. The molecule has 7 nitrogen and oxygen atoms in total. The Hall–Kier alpha value is -3.07. The summed E-state index contributed by atoms with van der Waals surface area (Å²) in [7, 11) is -4.16. The molecule has 0 unspecified atom stereocenters. The molecule has 0 aliphatic rings. The Kier molecular flexibility index (Phi) is 11.4. The first-order valence-corrected chi connectivity index (χ1v) is 15.4. The number of nitrogens with one attached hydrogen (secondary N) is 1. The molecule has 214 valence electrons.